The zero-order valence-corrected chi connectivity index (χ0v) is 17.4. The number of fused-ring (bicyclic) bond motifs is 4. The number of aromatic nitrogens is 2. The van der Waals surface area contributed by atoms with Crippen LogP contribution in [0.15, 0.2) is 21.7 Å². The largest absolute Gasteiger partial charge is 0.325 e. The van der Waals surface area contributed by atoms with Gasteiger partial charge in [0.15, 0.2) is 0 Å². The maximum atomic E-state index is 11.6. The molecule has 2 aromatic heterocycles. The van der Waals surface area contributed by atoms with Crippen LogP contribution in [0.25, 0.3) is 0 Å². The van der Waals surface area contributed by atoms with Crippen molar-refractivity contribution in [1.82, 2.24) is 9.97 Å². The lowest BCUT2D eigenvalue weighted by molar-refractivity contribution is 0.646. The molecule has 156 valence electrons. The molecule has 0 radical (unpaired) electrons. The van der Waals surface area contributed by atoms with Crippen molar-refractivity contribution in [3.8, 4) is 12.1 Å². The van der Waals surface area contributed by atoms with Gasteiger partial charge in [-0.05, 0) is 74.6 Å². The van der Waals surface area contributed by atoms with Gasteiger partial charge in [-0.15, -0.1) is 0 Å². The molecule has 0 aliphatic heterocycles. The maximum absolute atomic E-state index is 11.6. The number of nitrogens with zero attached hydrogens (tertiary/aromatic N) is 2. The van der Waals surface area contributed by atoms with Crippen LogP contribution >= 0.6 is 0 Å². The SMILES string of the molecule is N#Cc1c2cc([nH]c1=O)CCCCCC2.N#Cc1c2cc([nH]c1=O)CCCCCC2. The molecule has 0 saturated carbocycles. The van der Waals surface area contributed by atoms with Crippen LogP contribution in [0.4, 0.5) is 0 Å². The van der Waals surface area contributed by atoms with E-state index in [1.54, 1.807) is 0 Å². The third kappa shape index (κ3) is 5.48. The summed E-state index contributed by atoms with van der Waals surface area (Å²) in [6.07, 6.45) is 12.8. The van der Waals surface area contributed by atoms with Crippen LogP contribution in [-0.4, -0.2) is 9.97 Å². The summed E-state index contributed by atoms with van der Waals surface area (Å²) in [7, 11) is 0. The lowest BCUT2D eigenvalue weighted by atomic mass is 10.0. The summed E-state index contributed by atoms with van der Waals surface area (Å²) in [6.45, 7) is 0. The quantitative estimate of drug-likeness (QED) is 0.695. The number of pyridine rings is 2. The van der Waals surface area contributed by atoms with Crippen molar-refractivity contribution in [2.75, 3.05) is 0 Å². The molecule has 4 rings (SSSR count). The van der Waals surface area contributed by atoms with Crippen molar-refractivity contribution in [2.24, 2.45) is 0 Å². The molecule has 2 heterocycles. The van der Waals surface area contributed by atoms with E-state index in [2.05, 4.69) is 9.97 Å². The van der Waals surface area contributed by atoms with Gasteiger partial charge in [-0.25, -0.2) is 0 Å². The summed E-state index contributed by atoms with van der Waals surface area (Å²) < 4.78 is 0. The van der Waals surface area contributed by atoms with Gasteiger partial charge in [-0.2, -0.15) is 10.5 Å². The number of hydrogen-bond acceptors (Lipinski definition) is 4. The van der Waals surface area contributed by atoms with Crippen molar-refractivity contribution in [3.05, 3.63) is 66.5 Å². The Kier molecular flexibility index (Phi) is 7.63. The van der Waals surface area contributed by atoms with Crippen LogP contribution in [0, 0.1) is 22.7 Å². The van der Waals surface area contributed by atoms with Gasteiger partial charge < -0.3 is 9.97 Å². The number of hydrogen-bond donors (Lipinski definition) is 2. The van der Waals surface area contributed by atoms with Crippen LogP contribution in [0.5, 0.6) is 0 Å². The van der Waals surface area contributed by atoms with E-state index < -0.39 is 0 Å². The number of nitriles is 2. The molecule has 2 N–H and O–H groups in total. The fourth-order valence-corrected chi connectivity index (χ4v) is 4.22. The molecule has 0 unspecified atom stereocenters. The van der Waals surface area contributed by atoms with Crippen LogP contribution in [0.2, 0.25) is 0 Å². The van der Waals surface area contributed by atoms with Crippen LogP contribution in [0.3, 0.4) is 0 Å². The normalized spacial score (nSPS) is 15.9. The van der Waals surface area contributed by atoms with Gasteiger partial charge in [0.2, 0.25) is 0 Å². The van der Waals surface area contributed by atoms with Gasteiger partial charge in [0, 0.05) is 11.4 Å². The molecular formula is C24H28N4O2. The van der Waals surface area contributed by atoms with E-state index in [0.29, 0.717) is 11.1 Å². The molecule has 6 heteroatoms. The molecule has 0 atom stereocenters. The average Bonchev–Trinajstić information content (AvgIpc) is 2.88. The number of nitrogens with one attached hydrogen (secondary N) is 2. The Morgan fingerprint density at radius 2 is 0.967 bits per heavy atom. The summed E-state index contributed by atoms with van der Waals surface area (Å²) in [5.41, 5.74) is 4.00. The number of aryl methyl sites for hydroxylation is 4. The van der Waals surface area contributed by atoms with Gasteiger partial charge >= 0.3 is 0 Å². The Morgan fingerprint density at radius 3 is 1.33 bits per heavy atom. The first-order chi connectivity index (χ1) is 14.6. The van der Waals surface area contributed by atoms with Crippen molar-refractivity contribution in [1.29, 1.82) is 10.5 Å². The topological polar surface area (TPSA) is 113 Å². The van der Waals surface area contributed by atoms with Gasteiger partial charge in [-0.3, -0.25) is 9.59 Å². The predicted octanol–water partition coefficient (Wildman–Crippen LogP) is 3.81. The highest BCUT2D eigenvalue weighted by molar-refractivity contribution is 5.37. The van der Waals surface area contributed by atoms with Crippen molar-refractivity contribution in [2.45, 2.75) is 77.0 Å². The van der Waals surface area contributed by atoms with E-state index in [9.17, 15) is 9.59 Å². The van der Waals surface area contributed by atoms with E-state index in [4.69, 9.17) is 10.5 Å². The predicted molar refractivity (Wildman–Crippen MR) is 115 cm³/mol. The molecule has 2 aromatic rings. The Labute approximate surface area is 176 Å². The average molecular weight is 405 g/mol. The Hall–Kier alpha value is -3.12. The molecule has 2 aliphatic carbocycles. The maximum Gasteiger partial charge on any atom is 0.266 e. The Bertz CT molecular complexity index is 995. The van der Waals surface area contributed by atoms with Crippen LogP contribution in [-0.2, 0) is 25.7 Å². The minimum absolute atomic E-state index is 0.216. The first-order valence-corrected chi connectivity index (χ1v) is 10.9. The van der Waals surface area contributed by atoms with Gasteiger partial charge in [0.05, 0.1) is 0 Å². The first-order valence-electron chi connectivity index (χ1n) is 10.9. The minimum atomic E-state index is -0.216. The fourth-order valence-electron chi connectivity index (χ4n) is 4.22. The van der Waals surface area contributed by atoms with Crippen molar-refractivity contribution in [3.63, 3.8) is 0 Å². The number of H-pyrrole nitrogens is 2. The minimum Gasteiger partial charge on any atom is -0.325 e. The van der Waals surface area contributed by atoms with E-state index in [1.807, 2.05) is 24.3 Å². The second-order valence-corrected chi connectivity index (χ2v) is 8.10. The van der Waals surface area contributed by atoms with Crippen LogP contribution < -0.4 is 11.1 Å². The summed E-state index contributed by atoms with van der Waals surface area (Å²) in [5, 5.41) is 17.8. The summed E-state index contributed by atoms with van der Waals surface area (Å²) >= 11 is 0. The lowest BCUT2D eigenvalue weighted by Crippen LogP contribution is -2.15. The molecule has 2 aliphatic rings. The van der Waals surface area contributed by atoms with E-state index >= 15 is 0 Å². The standard InChI is InChI=1S/2C12H14N2O/c2*13-8-11-9-5-3-1-2-4-6-10(7-9)14-12(11)15/h2*7H,1-6H2,(H,14,15). The molecule has 0 saturated heterocycles. The van der Waals surface area contributed by atoms with Crippen LogP contribution in [0.1, 0.15) is 85.0 Å². The van der Waals surface area contributed by atoms with Gasteiger partial charge in [0.25, 0.3) is 11.1 Å². The molecular weight excluding hydrogens is 376 g/mol. The second kappa shape index (κ2) is 10.6. The zero-order valence-electron chi connectivity index (χ0n) is 17.4. The molecule has 0 fully saturated rings. The number of rotatable bonds is 0. The van der Waals surface area contributed by atoms with E-state index in [-0.39, 0.29) is 11.1 Å². The molecule has 0 aromatic carbocycles. The highest BCUT2D eigenvalue weighted by Crippen LogP contribution is 2.17. The summed E-state index contributed by atoms with van der Waals surface area (Å²) in [5.74, 6) is 0. The van der Waals surface area contributed by atoms with Crippen molar-refractivity contribution < 1.29 is 0 Å². The zero-order chi connectivity index (χ0) is 21.3. The smallest absolute Gasteiger partial charge is 0.266 e. The highest BCUT2D eigenvalue weighted by Gasteiger charge is 2.11. The fraction of sp³-hybridized carbons (Fsp3) is 0.500. The number of aromatic amines is 2. The Morgan fingerprint density at radius 1 is 0.600 bits per heavy atom. The van der Waals surface area contributed by atoms with Crippen molar-refractivity contribution >= 4 is 0 Å². The summed E-state index contributed by atoms with van der Waals surface area (Å²) in [6, 6.07) is 7.98. The lowest BCUT2D eigenvalue weighted by Gasteiger charge is -2.03. The monoisotopic (exact) mass is 404 g/mol. The van der Waals surface area contributed by atoms with E-state index in [1.165, 1.54) is 25.7 Å². The highest BCUT2D eigenvalue weighted by atomic mass is 16.1. The van der Waals surface area contributed by atoms with Gasteiger partial charge in [-0.1, -0.05) is 25.7 Å². The third-order valence-corrected chi connectivity index (χ3v) is 5.85. The first kappa shape index (κ1) is 21.6. The van der Waals surface area contributed by atoms with E-state index in [0.717, 1.165) is 73.9 Å². The third-order valence-electron chi connectivity index (χ3n) is 5.85. The molecule has 0 spiro atoms. The van der Waals surface area contributed by atoms with Gasteiger partial charge in [0.1, 0.15) is 23.3 Å². The molecule has 6 nitrogen and oxygen atoms in total. The molecule has 0 amide bonds. The molecule has 30 heavy (non-hydrogen) atoms. The Balaban J connectivity index is 0.000000171. The molecule has 4 bridgehead atoms. The summed E-state index contributed by atoms with van der Waals surface area (Å²) in [4.78, 5) is 28.7. The second-order valence-electron chi connectivity index (χ2n) is 8.10.